The predicted molar refractivity (Wildman–Crippen MR) is 130 cm³/mol. The van der Waals surface area contributed by atoms with Gasteiger partial charge in [-0.15, -0.1) is 0 Å². The monoisotopic (exact) mass is 500 g/mol. The number of phenols is 1. The third-order valence-electron chi connectivity index (χ3n) is 7.81. The molecule has 0 spiro atoms. The first-order chi connectivity index (χ1) is 16.7. The highest BCUT2D eigenvalue weighted by Crippen LogP contribution is 2.58. The first-order valence-corrected chi connectivity index (χ1v) is 11.6. The van der Waals surface area contributed by atoms with Gasteiger partial charge in [-0.05, 0) is 51.6 Å². The molecular formula is C26H32N2O8. The lowest BCUT2D eigenvalue weighted by Gasteiger charge is -2.54. The van der Waals surface area contributed by atoms with Crippen molar-refractivity contribution in [3.8, 4) is 5.75 Å². The van der Waals surface area contributed by atoms with Gasteiger partial charge in [0.05, 0.1) is 23.8 Å². The van der Waals surface area contributed by atoms with Gasteiger partial charge in [-0.3, -0.25) is 19.3 Å². The molecule has 0 radical (unpaired) electrons. The second-order valence-electron chi connectivity index (χ2n) is 10.4. The molecule has 36 heavy (non-hydrogen) atoms. The normalized spacial score (nSPS) is 29.8. The largest absolute Gasteiger partial charge is 0.510 e. The second kappa shape index (κ2) is 8.43. The van der Waals surface area contributed by atoms with Crippen LogP contribution in [0, 0.1) is 11.3 Å². The third-order valence-corrected chi connectivity index (χ3v) is 7.81. The first kappa shape index (κ1) is 25.9. The summed E-state index contributed by atoms with van der Waals surface area (Å²) in [6.07, 6.45) is 0.141. The van der Waals surface area contributed by atoms with E-state index in [4.69, 9.17) is 4.74 Å². The fraction of sp³-hybridized carbons (Fsp3) is 0.500. The van der Waals surface area contributed by atoms with Crippen LogP contribution in [0.2, 0.25) is 0 Å². The Morgan fingerprint density at radius 2 is 1.78 bits per heavy atom. The molecule has 0 fully saturated rings. The van der Waals surface area contributed by atoms with E-state index in [1.165, 1.54) is 13.2 Å². The molecule has 0 saturated heterocycles. The number of ether oxygens (including phenoxy) is 1. The molecule has 4 rings (SSSR count). The van der Waals surface area contributed by atoms with Crippen LogP contribution in [0.1, 0.15) is 29.3 Å². The Morgan fingerprint density at radius 3 is 2.31 bits per heavy atom. The van der Waals surface area contributed by atoms with E-state index in [1.54, 1.807) is 44.1 Å². The SMILES string of the molecule is COC[C@@]12Cc3c(N(C)C)ccc(O)c3C(=O)C1=C(O)[C@]1(O)C(=O)C(C(C)=O)=C(O)[C@@H](N(C)C)[C@@H]1C2. The average molecular weight is 501 g/mol. The zero-order valence-electron chi connectivity index (χ0n) is 21.2. The molecule has 0 bridgehead atoms. The Labute approximate surface area is 209 Å². The molecule has 0 amide bonds. The maximum Gasteiger partial charge on any atom is 0.209 e. The number of likely N-dealkylation sites (N-methyl/N-ethyl adjacent to an activating group) is 1. The van der Waals surface area contributed by atoms with Crippen LogP contribution in [0.3, 0.4) is 0 Å². The van der Waals surface area contributed by atoms with Crippen molar-refractivity contribution >= 4 is 23.0 Å². The number of rotatable bonds is 5. The number of aliphatic hydroxyl groups is 3. The maximum atomic E-state index is 13.9. The van der Waals surface area contributed by atoms with E-state index < -0.39 is 57.4 Å². The molecule has 0 aliphatic heterocycles. The number of fused-ring (bicyclic) bond motifs is 3. The standard InChI is InChI=1S/C26H32N2O8/c1-12(29)17-22(32)20(28(4)5)14-10-25(11-36-6)9-13-15(27(2)3)7-8-16(30)18(13)21(31)19(25)24(34)26(14,35)23(17)33/h7-8,14,20,30,32,34-35H,9-11H2,1-6H3/t14-,20-,25-,26+/m0/s1. The summed E-state index contributed by atoms with van der Waals surface area (Å²) in [5.74, 6) is -5.39. The van der Waals surface area contributed by atoms with Gasteiger partial charge >= 0.3 is 0 Å². The highest BCUT2D eigenvalue weighted by molar-refractivity contribution is 6.25. The number of methoxy groups -OCH3 is 1. The van der Waals surface area contributed by atoms with Gasteiger partial charge in [-0.25, -0.2) is 0 Å². The minimum absolute atomic E-state index is 0.0193. The molecule has 4 N–H and O–H groups in total. The number of hydrogen-bond acceptors (Lipinski definition) is 10. The minimum atomic E-state index is -2.63. The van der Waals surface area contributed by atoms with E-state index in [0.717, 1.165) is 6.92 Å². The molecule has 0 saturated carbocycles. The van der Waals surface area contributed by atoms with Gasteiger partial charge in [0, 0.05) is 38.2 Å². The van der Waals surface area contributed by atoms with Crippen molar-refractivity contribution in [1.29, 1.82) is 0 Å². The molecule has 10 heteroatoms. The summed E-state index contributed by atoms with van der Waals surface area (Å²) in [7, 11) is 8.29. The molecule has 3 aliphatic rings. The Morgan fingerprint density at radius 1 is 1.14 bits per heavy atom. The van der Waals surface area contributed by atoms with E-state index in [1.807, 2.05) is 0 Å². The summed E-state index contributed by atoms with van der Waals surface area (Å²) < 4.78 is 5.52. The second-order valence-corrected chi connectivity index (χ2v) is 10.4. The molecule has 0 aromatic heterocycles. The number of phenolic OH excluding ortho intramolecular Hbond substituents is 1. The van der Waals surface area contributed by atoms with Crippen molar-refractivity contribution in [3.05, 3.63) is 45.9 Å². The van der Waals surface area contributed by atoms with Crippen LogP contribution in [0.4, 0.5) is 5.69 Å². The van der Waals surface area contributed by atoms with Crippen LogP contribution in [-0.2, 0) is 20.7 Å². The summed E-state index contributed by atoms with van der Waals surface area (Å²) in [5, 5.41) is 45.1. The number of aromatic hydroxyl groups is 1. The number of carbonyl (C=O) groups is 3. The Balaban J connectivity index is 2.08. The van der Waals surface area contributed by atoms with Crippen LogP contribution in [0.25, 0.3) is 0 Å². The Hall–Kier alpha value is -3.21. The molecule has 1 aromatic rings. The number of ketones is 3. The topological polar surface area (TPSA) is 148 Å². The lowest BCUT2D eigenvalue weighted by molar-refractivity contribution is -0.151. The first-order valence-electron chi connectivity index (χ1n) is 11.6. The van der Waals surface area contributed by atoms with E-state index >= 15 is 0 Å². The van der Waals surface area contributed by atoms with E-state index in [2.05, 4.69) is 0 Å². The van der Waals surface area contributed by atoms with E-state index in [0.29, 0.717) is 11.3 Å². The van der Waals surface area contributed by atoms with Crippen molar-refractivity contribution in [1.82, 2.24) is 4.90 Å². The number of aliphatic hydroxyl groups excluding tert-OH is 2. The molecule has 10 nitrogen and oxygen atoms in total. The highest BCUT2D eigenvalue weighted by Gasteiger charge is 2.66. The summed E-state index contributed by atoms with van der Waals surface area (Å²) >= 11 is 0. The smallest absolute Gasteiger partial charge is 0.209 e. The zero-order valence-corrected chi connectivity index (χ0v) is 21.2. The number of hydrogen-bond donors (Lipinski definition) is 4. The van der Waals surface area contributed by atoms with Crippen molar-refractivity contribution in [2.24, 2.45) is 11.3 Å². The lowest BCUT2D eigenvalue weighted by Crippen LogP contribution is -2.65. The Kier molecular flexibility index (Phi) is 6.06. The lowest BCUT2D eigenvalue weighted by atomic mass is 9.52. The third kappa shape index (κ3) is 3.24. The van der Waals surface area contributed by atoms with Crippen LogP contribution in [-0.4, -0.2) is 96.2 Å². The molecule has 1 aromatic carbocycles. The molecular weight excluding hydrogens is 468 g/mol. The predicted octanol–water partition coefficient (Wildman–Crippen LogP) is 1.31. The number of anilines is 1. The molecule has 0 heterocycles. The van der Waals surface area contributed by atoms with Crippen LogP contribution in [0.5, 0.6) is 5.75 Å². The van der Waals surface area contributed by atoms with E-state index in [9.17, 15) is 34.8 Å². The van der Waals surface area contributed by atoms with E-state index in [-0.39, 0.29) is 36.3 Å². The minimum Gasteiger partial charge on any atom is -0.510 e. The molecule has 4 atom stereocenters. The number of carbonyl (C=O) groups excluding carboxylic acids is 3. The average Bonchev–Trinajstić information content (AvgIpc) is 2.76. The fourth-order valence-corrected chi connectivity index (χ4v) is 6.40. The van der Waals surface area contributed by atoms with Gasteiger partial charge in [0.1, 0.15) is 22.8 Å². The fourth-order valence-electron chi connectivity index (χ4n) is 6.40. The van der Waals surface area contributed by atoms with Gasteiger partial charge in [0.2, 0.25) is 5.78 Å². The summed E-state index contributed by atoms with van der Waals surface area (Å²) in [6.45, 7) is 1.05. The molecule has 3 aliphatic carbocycles. The van der Waals surface area contributed by atoms with Crippen molar-refractivity contribution in [2.45, 2.75) is 31.4 Å². The highest BCUT2D eigenvalue weighted by atomic mass is 16.5. The maximum absolute atomic E-state index is 13.9. The van der Waals surface area contributed by atoms with Crippen molar-refractivity contribution in [3.63, 3.8) is 0 Å². The van der Waals surface area contributed by atoms with Gasteiger partial charge in [-0.1, -0.05) is 0 Å². The van der Waals surface area contributed by atoms with Gasteiger partial charge in [0.25, 0.3) is 0 Å². The zero-order chi connectivity index (χ0) is 26.9. The Bertz CT molecular complexity index is 1250. The number of nitrogens with zero attached hydrogens (tertiary/aromatic N) is 2. The van der Waals surface area contributed by atoms with Crippen molar-refractivity contribution < 1.29 is 39.5 Å². The quantitative estimate of drug-likeness (QED) is 0.436. The van der Waals surface area contributed by atoms with Gasteiger partial charge in [0.15, 0.2) is 17.2 Å². The van der Waals surface area contributed by atoms with Crippen LogP contribution in [0.15, 0.2) is 34.8 Å². The summed E-state index contributed by atoms with van der Waals surface area (Å²) in [6, 6.07) is 2.07. The number of Topliss-reactive ketones (excluding diaryl/α,β-unsaturated/α-hetero) is 3. The van der Waals surface area contributed by atoms with Crippen molar-refractivity contribution in [2.75, 3.05) is 46.8 Å². The van der Waals surface area contributed by atoms with Crippen LogP contribution >= 0.6 is 0 Å². The summed E-state index contributed by atoms with van der Waals surface area (Å²) in [4.78, 5) is 43.2. The molecule has 194 valence electrons. The summed E-state index contributed by atoms with van der Waals surface area (Å²) in [5.41, 5.74) is -3.42. The van der Waals surface area contributed by atoms with Crippen LogP contribution < -0.4 is 4.90 Å². The molecule has 0 unspecified atom stereocenters. The van der Waals surface area contributed by atoms with Gasteiger partial charge in [-0.2, -0.15) is 0 Å². The van der Waals surface area contributed by atoms with Gasteiger partial charge < -0.3 is 30.1 Å². The number of benzene rings is 1.